The molecule has 0 unspecified atom stereocenters. The van der Waals surface area contributed by atoms with E-state index in [9.17, 15) is 18.5 Å². The summed E-state index contributed by atoms with van der Waals surface area (Å²) in [6.45, 7) is 3.41. The summed E-state index contributed by atoms with van der Waals surface area (Å²) in [6.07, 6.45) is 0.979. The second kappa shape index (κ2) is 14.0. The fraction of sp³-hybridized carbons (Fsp3) is 0.357. The van der Waals surface area contributed by atoms with E-state index >= 15 is 0 Å². The number of sulfonamides is 1. The predicted molar refractivity (Wildman–Crippen MR) is 152 cm³/mol. The fourth-order valence-corrected chi connectivity index (χ4v) is 5.18. The Balaban J connectivity index is 1.80. The van der Waals surface area contributed by atoms with Gasteiger partial charge in [-0.15, -0.1) is 0 Å². The zero-order valence-electron chi connectivity index (χ0n) is 22.3. The van der Waals surface area contributed by atoms with Crippen LogP contribution in [0.25, 0.3) is 0 Å². The minimum absolute atomic E-state index is 0.123. The van der Waals surface area contributed by atoms with Crippen molar-refractivity contribution in [1.29, 1.82) is 0 Å². The van der Waals surface area contributed by atoms with E-state index in [0.717, 1.165) is 36.7 Å². The number of nitro groups is 1. The first-order valence-corrected chi connectivity index (χ1v) is 14.1. The Kier molecular flexibility index (Phi) is 10.8. The molecule has 3 rings (SSSR count). The Bertz CT molecular complexity index is 1230. The Labute approximate surface area is 225 Å². The largest absolute Gasteiger partial charge is 0.357 e. The van der Waals surface area contributed by atoms with Crippen LogP contribution in [0.1, 0.15) is 17.5 Å². The normalized spacial score (nSPS) is 11.7. The monoisotopic (exact) mass is 539 g/mol. The highest BCUT2D eigenvalue weighted by molar-refractivity contribution is 7.89. The molecule has 0 saturated carbocycles. The van der Waals surface area contributed by atoms with Crippen LogP contribution < -0.4 is 9.62 Å². The van der Waals surface area contributed by atoms with E-state index in [-0.39, 0.29) is 17.1 Å². The quantitative estimate of drug-likeness (QED) is 0.231. The van der Waals surface area contributed by atoms with E-state index in [1.807, 2.05) is 86.7 Å². The Morgan fingerprint density at radius 2 is 1.39 bits per heavy atom. The number of hydrogen-bond acceptors (Lipinski definition) is 7. The van der Waals surface area contributed by atoms with Gasteiger partial charge >= 0.3 is 0 Å². The summed E-state index contributed by atoms with van der Waals surface area (Å²) in [6, 6.07) is 23.5. The maximum absolute atomic E-state index is 13.0. The maximum atomic E-state index is 13.0. The Hall–Kier alpha value is -3.31. The molecule has 0 amide bonds. The van der Waals surface area contributed by atoms with Crippen LogP contribution in [0.2, 0.25) is 0 Å². The van der Waals surface area contributed by atoms with Crippen molar-refractivity contribution in [3.05, 3.63) is 100 Å². The molecule has 1 N–H and O–H groups in total. The standard InChI is InChI=1S/C28H37N5O4S/c1-30(2)18-10-19-31(3)20-17-29-38(36,37)26-15-16-27(28(21-26)33(34)35)32(22-24-11-6-4-7-12-24)23-25-13-8-5-9-14-25/h4-9,11-16,21,29H,10,17-20,22-23H2,1-3H3. The van der Waals surface area contributed by atoms with E-state index in [0.29, 0.717) is 25.3 Å². The molecule has 204 valence electrons. The summed E-state index contributed by atoms with van der Waals surface area (Å²) in [5, 5.41) is 12.1. The molecule has 0 saturated heterocycles. The third-order valence-corrected chi connectivity index (χ3v) is 7.62. The first-order valence-electron chi connectivity index (χ1n) is 12.6. The molecule has 9 nitrogen and oxygen atoms in total. The molecule has 0 bridgehead atoms. The van der Waals surface area contributed by atoms with Gasteiger partial charge in [0.15, 0.2) is 0 Å². The first-order chi connectivity index (χ1) is 18.2. The molecule has 0 aliphatic carbocycles. The predicted octanol–water partition coefficient (Wildman–Crippen LogP) is 3.96. The number of nitro benzene ring substituents is 1. The molecule has 0 radical (unpaired) electrons. The van der Waals surface area contributed by atoms with Crippen LogP contribution in [0, 0.1) is 10.1 Å². The van der Waals surface area contributed by atoms with Crippen molar-refractivity contribution in [2.45, 2.75) is 24.4 Å². The zero-order chi connectivity index (χ0) is 27.5. The van der Waals surface area contributed by atoms with Crippen molar-refractivity contribution in [1.82, 2.24) is 14.5 Å². The smallest absolute Gasteiger partial charge is 0.293 e. The summed E-state index contributed by atoms with van der Waals surface area (Å²) < 4.78 is 28.5. The van der Waals surface area contributed by atoms with Crippen LogP contribution in [0.4, 0.5) is 11.4 Å². The van der Waals surface area contributed by atoms with Gasteiger partial charge in [0.05, 0.1) is 9.82 Å². The van der Waals surface area contributed by atoms with Crippen LogP contribution >= 0.6 is 0 Å². The minimum Gasteiger partial charge on any atom is -0.357 e. The molecule has 3 aromatic rings. The molecule has 10 heteroatoms. The average Bonchev–Trinajstić information content (AvgIpc) is 2.89. The number of nitrogens with zero attached hydrogens (tertiary/aromatic N) is 4. The lowest BCUT2D eigenvalue weighted by Gasteiger charge is -2.25. The average molecular weight is 540 g/mol. The first kappa shape index (κ1) is 29.2. The number of hydrogen-bond donors (Lipinski definition) is 1. The van der Waals surface area contributed by atoms with Crippen LogP contribution in [0.5, 0.6) is 0 Å². The lowest BCUT2D eigenvalue weighted by molar-refractivity contribution is -0.384. The van der Waals surface area contributed by atoms with Gasteiger partial charge in [-0.1, -0.05) is 60.7 Å². The third kappa shape index (κ3) is 8.91. The third-order valence-electron chi connectivity index (χ3n) is 6.16. The number of likely N-dealkylation sites (N-methyl/N-ethyl adjacent to an activating group) is 1. The van der Waals surface area contributed by atoms with Crippen molar-refractivity contribution in [2.75, 3.05) is 52.2 Å². The lowest BCUT2D eigenvalue weighted by Crippen LogP contribution is -2.34. The van der Waals surface area contributed by atoms with Gasteiger partial charge in [0.2, 0.25) is 10.0 Å². The molecule has 0 atom stereocenters. The second-order valence-electron chi connectivity index (χ2n) is 9.59. The summed E-state index contributed by atoms with van der Waals surface area (Å²) >= 11 is 0. The molecule has 0 aliphatic heterocycles. The maximum Gasteiger partial charge on any atom is 0.293 e. The van der Waals surface area contributed by atoms with Crippen LogP contribution in [0.15, 0.2) is 83.8 Å². The van der Waals surface area contributed by atoms with E-state index in [1.54, 1.807) is 0 Å². The molecular weight excluding hydrogens is 502 g/mol. The Morgan fingerprint density at radius 1 is 0.816 bits per heavy atom. The SMILES string of the molecule is CN(C)CCCN(C)CCNS(=O)(=O)c1ccc(N(Cc2ccccc2)Cc2ccccc2)c([N+](=O)[O-])c1. The highest BCUT2D eigenvalue weighted by atomic mass is 32.2. The summed E-state index contributed by atoms with van der Waals surface area (Å²) in [5.41, 5.74) is 2.10. The van der Waals surface area contributed by atoms with Gasteiger partial charge in [-0.2, -0.15) is 0 Å². The van der Waals surface area contributed by atoms with Gasteiger partial charge in [0, 0.05) is 32.2 Å². The molecule has 0 heterocycles. The minimum atomic E-state index is -3.91. The molecule has 0 fully saturated rings. The van der Waals surface area contributed by atoms with Crippen LogP contribution in [0.3, 0.4) is 0 Å². The molecule has 0 aromatic heterocycles. The van der Waals surface area contributed by atoms with E-state index < -0.39 is 14.9 Å². The van der Waals surface area contributed by atoms with E-state index in [1.165, 1.54) is 12.1 Å². The van der Waals surface area contributed by atoms with Gasteiger partial charge < -0.3 is 14.7 Å². The fourth-order valence-electron chi connectivity index (χ4n) is 4.14. The summed E-state index contributed by atoms with van der Waals surface area (Å²) in [5.74, 6) is 0. The molecule has 3 aromatic carbocycles. The van der Waals surface area contributed by atoms with Gasteiger partial charge in [0.1, 0.15) is 5.69 Å². The van der Waals surface area contributed by atoms with Crippen molar-refractivity contribution < 1.29 is 13.3 Å². The molecule has 0 spiro atoms. The summed E-state index contributed by atoms with van der Waals surface area (Å²) in [4.78, 5) is 17.5. The van der Waals surface area contributed by atoms with Crippen LogP contribution in [-0.2, 0) is 23.1 Å². The highest BCUT2D eigenvalue weighted by Crippen LogP contribution is 2.33. The van der Waals surface area contributed by atoms with Gasteiger partial charge in [0.25, 0.3) is 5.69 Å². The number of benzene rings is 3. The second-order valence-corrected chi connectivity index (χ2v) is 11.4. The van der Waals surface area contributed by atoms with Crippen molar-refractivity contribution in [2.24, 2.45) is 0 Å². The Morgan fingerprint density at radius 3 is 1.92 bits per heavy atom. The highest BCUT2D eigenvalue weighted by Gasteiger charge is 2.25. The summed E-state index contributed by atoms with van der Waals surface area (Å²) in [7, 11) is 2.06. The number of nitrogens with one attached hydrogen (secondary N) is 1. The molecule has 0 aliphatic rings. The van der Waals surface area contributed by atoms with Crippen molar-refractivity contribution >= 4 is 21.4 Å². The van der Waals surface area contributed by atoms with E-state index in [2.05, 4.69) is 14.5 Å². The van der Waals surface area contributed by atoms with Crippen molar-refractivity contribution in [3.63, 3.8) is 0 Å². The number of anilines is 1. The van der Waals surface area contributed by atoms with Gasteiger partial charge in [-0.05, 0) is 63.9 Å². The lowest BCUT2D eigenvalue weighted by atomic mass is 10.1. The zero-order valence-corrected chi connectivity index (χ0v) is 23.1. The van der Waals surface area contributed by atoms with Gasteiger partial charge in [-0.25, -0.2) is 13.1 Å². The number of rotatable bonds is 15. The van der Waals surface area contributed by atoms with Crippen molar-refractivity contribution in [3.8, 4) is 0 Å². The molecule has 38 heavy (non-hydrogen) atoms. The van der Waals surface area contributed by atoms with Crippen LogP contribution in [-0.4, -0.2) is 70.5 Å². The van der Waals surface area contributed by atoms with Gasteiger partial charge in [-0.3, -0.25) is 10.1 Å². The molecular formula is C28H37N5O4S. The topological polar surface area (TPSA) is 99.0 Å². The van der Waals surface area contributed by atoms with E-state index in [4.69, 9.17) is 0 Å².